The van der Waals surface area contributed by atoms with Crippen molar-refractivity contribution in [2.24, 2.45) is 11.1 Å². The molecule has 2 N–H and O–H groups in total. The third-order valence-electron chi connectivity index (χ3n) is 2.01. The SMILES string of the molecule is N#CCCC(C#N)(CCC#N)C(N)=O. The molecule has 0 aromatic rings. The van der Waals surface area contributed by atoms with Gasteiger partial charge >= 0.3 is 0 Å². The fourth-order valence-corrected chi connectivity index (χ4v) is 1.08. The van der Waals surface area contributed by atoms with Gasteiger partial charge in [0.15, 0.2) is 0 Å². The highest BCUT2D eigenvalue weighted by atomic mass is 16.1. The molecule has 0 aromatic heterocycles. The first-order valence-corrected chi connectivity index (χ1v) is 4.08. The Morgan fingerprint density at radius 1 is 1.14 bits per heavy atom. The molecule has 0 aliphatic carbocycles. The predicted octanol–water partition coefficient (Wildman–Crippen LogP) is 0.589. The van der Waals surface area contributed by atoms with Crippen molar-refractivity contribution in [1.82, 2.24) is 0 Å². The van der Waals surface area contributed by atoms with Gasteiger partial charge in [-0.15, -0.1) is 0 Å². The topological polar surface area (TPSA) is 114 Å². The van der Waals surface area contributed by atoms with Gasteiger partial charge in [0.05, 0.1) is 18.2 Å². The Labute approximate surface area is 82.3 Å². The number of amides is 1. The number of rotatable bonds is 5. The summed E-state index contributed by atoms with van der Waals surface area (Å²) < 4.78 is 0. The molecule has 0 heterocycles. The Hall–Kier alpha value is -2.06. The number of primary amides is 1. The molecule has 0 fully saturated rings. The Balaban J connectivity index is 4.66. The molecule has 5 heteroatoms. The monoisotopic (exact) mass is 190 g/mol. The molecule has 5 nitrogen and oxygen atoms in total. The maximum Gasteiger partial charge on any atom is 0.237 e. The van der Waals surface area contributed by atoms with E-state index in [1.54, 1.807) is 0 Å². The van der Waals surface area contributed by atoms with Gasteiger partial charge in [-0.1, -0.05) is 0 Å². The Bertz CT molecular complexity index is 310. The third-order valence-corrected chi connectivity index (χ3v) is 2.01. The Kier molecular flexibility index (Phi) is 4.74. The lowest BCUT2D eigenvalue weighted by atomic mass is 9.80. The van der Waals surface area contributed by atoms with Crippen LogP contribution in [-0.4, -0.2) is 5.91 Å². The molecule has 0 unspecified atom stereocenters. The molecule has 0 aliphatic heterocycles. The van der Waals surface area contributed by atoms with E-state index in [0.717, 1.165) is 0 Å². The van der Waals surface area contributed by atoms with E-state index in [-0.39, 0.29) is 25.7 Å². The normalized spacial score (nSPS) is 9.50. The zero-order valence-electron chi connectivity index (χ0n) is 7.66. The zero-order chi connectivity index (χ0) is 11.0. The van der Waals surface area contributed by atoms with E-state index >= 15 is 0 Å². The van der Waals surface area contributed by atoms with E-state index in [1.165, 1.54) is 0 Å². The minimum absolute atomic E-state index is 0.0852. The smallest absolute Gasteiger partial charge is 0.237 e. The number of carbonyl (C=O) groups excluding carboxylic acids is 1. The molecule has 0 saturated heterocycles. The first-order chi connectivity index (χ1) is 6.63. The highest BCUT2D eigenvalue weighted by Crippen LogP contribution is 2.28. The second-order valence-electron chi connectivity index (χ2n) is 2.87. The highest BCUT2D eigenvalue weighted by Gasteiger charge is 2.35. The van der Waals surface area contributed by atoms with Gasteiger partial charge in [-0.3, -0.25) is 4.79 Å². The van der Waals surface area contributed by atoms with Crippen LogP contribution >= 0.6 is 0 Å². The van der Waals surface area contributed by atoms with Crippen LogP contribution in [0.4, 0.5) is 0 Å². The van der Waals surface area contributed by atoms with Crippen molar-refractivity contribution in [3.05, 3.63) is 0 Å². The zero-order valence-corrected chi connectivity index (χ0v) is 7.66. The van der Waals surface area contributed by atoms with Gasteiger partial charge in [0, 0.05) is 12.8 Å². The van der Waals surface area contributed by atoms with E-state index < -0.39 is 11.3 Å². The lowest BCUT2D eigenvalue weighted by molar-refractivity contribution is -0.125. The molecule has 0 radical (unpaired) electrons. The van der Waals surface area contributed by atoms with Crippen molar-refractivity contribution in [2.45, 2.75) is 25.7 Å². The maximum absolute atomic E-state index is 11.0. The van der Waals surface area contributed by atoms with Crippen LogP contribution in [0.3, 0.4) is 0 Å². The van der Waals surface area contributed by atoms with Crippen molar-refractivity contribution in [2.75, 3.05) is 0 Å². The van der Waals surface area contributed by atoms with Crippen LogP contribution < -0.4 is 5.73 Å². The molecular formula is C9H10N4O. The van der Waals surface area contributed by atoms with Crippen molar-refractivity contribution < 1.29 is 4.79 Å². The quantitative estimate of drug-likeness (QED) is 0.682. The summed E-state index contributed by atoms with van der Waals surface area (Å²) in [4.78, 5) is 11.0. The summed E-state index contributed by atoms with van der Waals surface area (Å²) in [6, 6.07) is 5.50. The van der Waals surface area contributed by atoms with Gasteiger partial charge in [0.2, 0.25) is 5.91 Å². The maximum atomic E-state index is 11.0. The minimum atomic E-state index is -1.36. The molecule has 0 bridgehead atoms. The van der Waals surface area contributed by atoms with Crippen LogP contribution in [0.1, 0.15) is 25.7 Å². The van der Waals surface area contributed by atoms with Gasteiger partial charge in [-0.05, 0) is 12.8 Å². The summed E-state index contributed by atoms with van der Waals surface area (Å²) in [5.41, 5.74) is 3.73. The van der Waals surface area contributed by atoms with Crippen LogP contribution in [0.2, 0.25) is 0 Å². The Morgan fingerprint density at radius 2 is 1.57 bits per heavy atom. The van der Waals surface area contributed by atoms with Crippen molar-refractivity contribution in [3.8, 4) is 18.2 Å². The summed E-state index contributed by atoms with van der Waals surface area (Å²) in [5.74, 6) is -0.759. The first-order valence-electron chi connectivity index (χ1n) is 4.08. The van der Waals surface area contributed by atoms with E-state index in [1.807, 2.05) is 18.2 Å². The molecule has 0 saturated carbocycles. The van der Waals surface area contributed by atoms with E-state index in [4.69, 9.17) is 21.5 Å². The van der Waals surface area contributed by atoms with E-state index in [2.05, 4.69) is 0 Å². The second kappa shape index (κ2) is 5.56. The van der Waals surface area contributed by atoms with Gasteiger partial charge in [-0.25, -0.2) is 0 Å². The van der Waals surface area contributed by atoms with Gasteiger partial charge in [0.25, 0.3) is 0 Å². The average molecular weight is 190 g/mol. The number of carbonyl (C=O) groups is 1. The predicted molar refractivity (Wildman–Crippen MR) is 46.9 cm³/mol. The minimum Gasteiger partial charge on any atom is -0.368 e. The van der Waals surface area contributed by atoms with Crippen molar-refractivity contribution in [3.63, 3.8) is 0 Å². The van der Waals surface area contributed by atoms with Gasteiger partial charge in [-0.2, -0.15) is 15.8 Å². The summed E-state index contributed by atoms with van der Waals surface area (Å²) >= 11 is 0. The number of hydrogen-bond acceptors (Lipinski definition) is 4. The third kappa shape index (κ3) is 2.77. The number of nitrogens with two attached hydrogens (primary N) is 1. The second-order valence-corrected chi connectivity index (χ2v) is 2.87. The number of nitrogens with zero attached hydrogens (tertiary/aromatic N) is 3. The molecule has 14 heavy (non-hydrogen) atoms. The van der Waals surface area contributed by atoms with Crippen molar-refractivity contribution >= 4 is 5.91 Å². The summed E-state index contributed by atoms with van der Waals surface area (Å²) in [7, 11) is 0. The number of nitriles is 3. The van der Waals surface area contributed by atoms with E-state index in [9.17, 15) is 4.79 Å². The van der Waals surface area contributed by atoms with Crippen LogP contribution in [0.15, 0.2) is 0 Å². The summed E-state index contributed by atoms with van der Waals surface area (Å²) in [6.07, 6.45) is 0.359. The fourth-order valence-electron chi connectivity index (χ4n) is 1.08. The lowest BCUT2D eigenvalue weighted by Gasteiger charge is -2.19. The lowest BCUT2D eigenvalue weighted by Crippen LogP contribution is -2.35. The van der Waals surface area contributed by atoms with Crippen LogP contribution in [0.25, 0.3) is 0 Å². The molecule has 0 aromatic carbocycles. The standard InChI is InChI=1S/C9H10N4O/c10-5-1-3-9(7-12,8(13)14)4-2-6-11/h1-4H2,(H2,13,14). The molecule has 72 valence electrons. The largest absolute Gasteiger partial charge is 0.368 e. The van der Waals surface area contributed by atoms with Crippen molar-refractivity contribution in [1.29, 1.82) is 15.8 Å². The van der Waals surface area contributed by atoms with Gasteiger partial charge in [0.1, 0.15) is 5.41 Å². The molecule has 1 amide bonds. The highest BCUT2D eigenvalue weighted by molar-refractivity contribution is 5.83. The summed E-state index contributed by atoms with van der Waals surface area (Å²) in [6.45, 7) is 0. The van der Waals surface area contributed by atoms with Gasteiger partial charge < -0.3 is 5.73 Å². The molecule has 0 aliphatic rings. The van der Waals surface area contributed by atoms with Crippen LogP contribution in [0, 0.1) is 39.4 Å². The number of hydrogen-bond donors (Lipinski definition) is 1. The average Bonchev–Trinajstić information content (AvgIpc) is 2.18. The Morgan fingerprint density at radius 3 is 1.79 bits per heavy atom. The molecular weight excluding hydrogens is 180 g/mol. The molecule has 0 spiro atoms. The van der Waals surface area contributed by atoms with Crippen LogP contribution in [-0.2, 0) is 4.79 Å². The molecule has 0 atom stereocenters. The van der Waals surface area contributed by atoms with Crippen LogP contribution in [0.5, 0.6) is 0 Å². The summed E-state index contributed by atoms with van der Waals surface area (Å²) in [5, 5.41) is 25.5. The van der Waals surface area contributed by atoms with E-state index in [0.29, 0.717) is 0 Å². The first kappa shape index (κ1) is 11.9. The molecule has 0 rings (SSSR count). The fraction of sp³-hybridized carbons (Fsp3) is 0.556.